The summed E-state index contributed by atoms with van der Waals surface area (Å²) in [5.74, 6) is 5.71. The van der Waals surface area contributed by atoms with Gasteiger partial charge in [0.25, 0.3) is 0 Å². The highest BCUT2D eigenvalue weighted by Gasteiger charge is 2.42. The normalized spacial score (nSPS) is 25.2. The Hall–Kier alpha value is -0.495. The summed E-state index contributed by atoms with van der Waals surface area (Å²) in [7, 11) is 6.19. The highest BCUT2D eigenvalue weighted by atomic mass is 16.5. The van der Waals surface area contributed by atoms with E-state index in [0.29, 0.717) is 6.61 Å². The predicted molar refractivity (Wildman–Crippen MR) is 76.2 cm³/mol. The molecule has 1 aliphatic heterocycles. The second-order valence-corrected chi connectivity index (χ2v) is 6.36. The summed E-state index contributed by atoms with van der Waals surface area (Å²) in [6.07, 6.45) is 2.03. The monoisotopic (exact) mass is 248 g/mol. The van der Waals surface area contributed by atoms with Gasteiger partial charge in [0, 0.05) is 11.1 Å². The summed E-state index contributed by atoms with van der Waals surface area (Å²) in [5.41, 5.74) is 5.71. The minimum Gasteiger partial charge on any atom is -0.375 e. The third kappa shape index (κ3) is 3.75. The topological polar surface area (TPSA) is 38.5 Å². The summed E-state index contributed by atoms with van der Waals surface area (Å²) >= 11 is 0. The molecule has 0 amide bonds. The zero-order chi connectivity index (χ0) is 14.0. The molecular formula is C14H25BN2O. The number of rotatable bonds is 3. The molecule has 2 radical (unpaired) electrons. The van der Waals surface area contributed by atoms with Crippen LogP contribution in [0.2, 0.25) is 0 Å². The van der Waals surface area contributed by atoms with E-state index in [9.17, 15) is 0 Å². The van der Waals surface area contributed by atoms with Crippen molar-refractivity contribution < 1.29 is 4.74 Å². The van der Waals surface area contributed by atoms with Crippen LogP contribution < -0.4 is 5.73 Å². The fourth-order valence-electron chi connectivity index (χ4n) is 2.79. The Morgan fingerprint density at radius 2 is 1.83 bits per heavy atom. The van der Waals surface area contributed by atoms with Crippen molar-refractivity contribution in [3.8, 4) is 11.8 Å². The van der Waals surface area contributed by atoms with Crippen LogP contribution in [-0.2, 0) is 4.74 Å². The van der Waals surface area contributed by atoms with Crippen LogP contribution in [-0.4, -0.2) is 42.6 Å². The number of hydrogen-bond donors (Lipinski definition) is 1. The highest BCUT2D eigenvalue weighted by Crippen LogP contribution is 2.37. The molecule has 100 valence electrons. The maximum Gasteiger partial charge on any atom is 0.183 e. The number of hydrogen-bond acceptors (Lipinski definition) is 3. The maximum atomic E-state index is 6.19. The molecule has 1 fully saturated rings. The van der Waals surface area contributed by atoms with Crippen LogP contribution in [0.15, 0.2) is 0 Å². The van der Waals surface area contributed by atoms with Crippen molar-refractivity contribution in [2.45, 2.75) is 70.7 Å². The van der Waals surface area contributed by atoms with Crippen molar-refractivity contribution in [3.05, 3.63) is 0 Å². The van der Waals surface area contributed by atoms with Gasteiger partial charge in [-0.15, -0.1) is 5.92 Å². The predicted octanol–water partition coefficient (Wildman–Crippen LogP) is 1.46. The molecular weight excluding hydrogens is 223 g/mol. The van der Waals surface area contributed by atoms with Crippen LogP contribution in [0.1, 0.15) is 47.5 Å². The summed E-state index contributed by atoms with van der Waals surface area (Å²) in [6, 6.07) is -0.197. The molecule has 1 heterocycles. The summed E-state index contributed by atoms with van der Waals surface area (Å²) < 4.78 is 5.91. The van der Waals surface area contributed by atoms with Gasteiger partial charge in [0.05, 0.1) is 18.8 Å². The van der Waals surface area contributed by atoms with Gasteiger partial charge in [0.2, 0.25) is 0 Å². The Balaban J connectivity index is 2.60. The lowest BCUT2D eigenvalue weighted by Gasteiger charge is -2.54. The Morgan fingerprint density at radius 3 is 2.28 bits per heavy atom. The van der Waals surface area contributed by atoms with Crippen LogP contribution in [0, 0.1) is 11.8 Å². The SMILES string of the molecule is [B]N1C(C)(C)CC(OCC(N)C#CC)CC1(C)C. The smallest absolute Gasteiger partial charge is 0.183 e. The number of piperidine rings is 1. The molecule has 0 aromatic carbocycles. The van der Waals surface area contributed by atoms with Crippen LogP contribution in [0.25, 0.3) is 0 Å². The molecule has 1 atom stereocenters. The molecule has 0 bridgehead atoms. The van der Waals surface area contributed by atoms with E-state index in [4.69, 9.17) is 18.5 Å². The lowest BCUT2D eigenvalue weighted by atomic mass is 9.75. The average molecular weight is 248 g/mol. The first-order valence-electron chi connectivity index (χ1n) is 6.53. The van der Waals surface area contributed by atoms with Crippen LogP contribution in [0.4, 0.5) is 0 Å². The van der Waals surface area contributed by atoms with E-state index in [-0.39, 0.29) is 23.2 Å². The lowest BCUT2D eigenvalue weighted by molar-refractivity contribution is -0.0643. The van der Waals surface area contributed by atoms with E-state index in [1.165, 1.54) is 0 Å². The largest absolute Gasteiger partial charge is 0.375 e. The Bertz CT molecular complexity index is 325. The third-order valence-electron chi connectivity index (χ3n) is 3.60. The minimum atomic E-state index is -0.197. The standard InChI is InChI=1S/C14H25BN2O/c1-6-7-11(16)10-18-12-8-13(2,3)17(15)14(4,5)9-12/h11-12H,8-10,16H2,1-5H3. The van der Waals surface area contributed by atoms with Gasteiger partial charge in [-0.2, -0.15) is 0 Å². The molecule has 0 spiro atoms. The van der Waals surface area contributed by atoms with Crippen LogP contribution in [0.3, 0.4) is 0 Å². The van der Waals surface area contributed by atoms with E-state index in [0.717, 1.165) is 12.8 Å². The molecule has 1 saturated heterocycles. The molecule has 1 rings (SSSR count). The van der Waals surface area contributed by atoms with Gasteiger partial charge in [-0.3, -0.25) is 0 Å². The van der Waals surface area contributed by atoms with Crippen molar-refractivity contribution >= 4 is 7.98 Å². The van der Waals surface area contributed by atoms with E-state index in [1.54, 1.807) is 6.92 Å². The van der Waals surface area contributed by atoms with Gasteiger partial charge in [-0.05, 0) is 47.5 Å². The highest BCUT2D eigenvalue weighted by molar-refractivity contribution is 6.05. The van der Waals surface area contributed by atoms with Crippen molar-refractivity contribution in [1.29, 1.82) is 0 Å². The number of ether oxygens (including phenoxy) is 1. The van der Waals surface area contributed by atoms with E-state index in [2.05, 4.69) is 39.5 Å². The first kappa shape index (κ1) is 15.6. The zero-order valence-electron chi connectivity index (χ0n) is 12.3. The molecule has 0 aromatic heterocycles. The van der Waals surface area contributed by atoms with E-state index < -0.39 is 0 Å². The van der Waals surface area contributed by atoms with Crippen molar-refractivity contribution in [3.63, 3.8) is 0 Å². The van der Waals surface area contributed by atoms with Crippen molar-refractivity contribution in [2.24, 2.45) is 5.73 Å². The Kier molecular flexibility index (Phi) is 4.88. The average Bonchev–Trinajstić information content (AvgIpc) is 2.23. The van der Waals surface area contributed by atoms with Gasteiger partial charge in [-0.1, -0.05) is 5.92 Å². The van der Waals surface area contributed by atoms with Crippen LogP contribution >= 0.6 is 0 Å². The minimum absolute atomic E-state index is 0.0626. The maximum absolute atomic E-state index is 6.19. The fraction of sp³-hybridized carbons (Fsp3) is 0.857. The fourth-order valence-corrected chi connectivity index (χ4v) is 2.79. The van der Waals surface area contributed by atoms with Crippen molar-refractivity contribution in [2.75, 3.05) is 6.61 Å². The Labute approximate surface area is 113 Å². The first-order chi connectivity index (χ1) is 8.19. The Morgan fingerprint density at radius 1 is 1.33 bits per heavy atom. The summed E-state index contributed by atoms with van der Waals surface area (Å²) in [6.45, 7) is 10.9. The number of nitrogens with zero attached hydrogens (tertiary/aromatic N) is 1. The molecule has 4 heteroatoms. The van der Waals surface area contributed by atoms with Gasteiger partial charge in [0.15, 0.2) is 7.98 Å². The quantitative estimate of drug-likeness (QED) is 0.607. The van der Waals surface area contributed by atoms with Gasteiger partial charge < -0.3 is 15.3 Å². The van der Waals surface area contributed by atoms with Gasteiger partial charge >= 0.3 is 0 Å². The third-order valence-corrected chi connectivity index (χ3v) is 3.60. The summed E-state index contributed by atoms with van der Waals surface area (Å²) in [4.78, 5) is 1.95. The lowest BCUT2D eigenvalue weighted by Crippen LogP contribution is -2.61. The zero-order valence-corrected chi connectivity index (χ0v) is 12.3. The van der Waals surface area contributed by atoms with E-state index in [1.807, 2.05) is 4.81 Å². The van der Waals surface area contributed by atoms with Gasteiger partial charge in [-0.25, -0.2) is 0 Å². The summed E-state index contributed by atoms with van der Waals surface area (Å²) in [5, 5.41) is 0. The first-order valence-corrected chi connectivity index (χ1v) is 6.53. The molecule has 3 nitrogen and oxygen atoms in total. The molecule has 1 unspecified atom stereocenters. The molecule has 0 saturated carbocycles. The molecule has 1 aliphatic rings. The number of nitrogens with two attached hydrogens (primary N) is 1. The second-order valence-electron chi connectivity index (χ2n) is 6.36. The van der Waals surface area contributed by atoms with Crippen molar-refractivity contribution in [1.82, 2.24) is 4.81 Å². The molecule has 2 N–H and O–H groups in total. The van der Waals surface area contributed by atoms with Crippen LogP contribution in [0.5, 0.6) is 0 Å². The van der Waals surface area contributed by atoms with Gasteiger partial charge in [0.1, 0.15) is 0 Å². The van der Waals surface area contributed by atoms with E-state index >= 15 is 0 Å². The molecule has 18 heavy (non-hydrogen) atoms. The second kappa shape index (κ2) is 5.65. The molecule has 0 aliphatic carbocycles. The molecule has 0 aromatic rings.